The molecule has 1 saturated heterocycles. The van der Waals surface area contributed by atoms with E-state index in [2.05, 4.69) is 10.6 Å². The van der Waals surface area contributed by atoms with Crippen LogP contribution in [0.15, 0.2) is 22.8 Å². The molecule has 1 aliphatic rings. The van der Waals surface area contributed by atoms with E-state index in [0.717, 1.165) is 6.54 Å². The molecule has 1 aliphatic heterocycles. The van der Waals surface area contributed by atoms with Crippen LogP contribution in [0, 0.1) is 0 Å². The number of halogens is 1. The predicted molar refractivity (Wildman–Crippen MR) is 76.9 cm³/mol. The molecule has 2 unspecified atom stereocenters. The Kier molecular flexibility index (Phi) is 6.04. The molecule has 2 atom stereocenters. The van der Waals surface area contributed by atoms with Crippen LogP contribution in [0.25, 0.3) is 0 Å². The largest absolute Gasteiger partial charge is 0.459 e. The Bertz CT molecular complexity index is 450. The highest BCUT2D eigenvalue weighted by Gasteiger charge is 2.26. The van der Waals surface area contributed by atoms with Gasteiger partial charge in [-0.05, 0) is 26.0 Å². The minimum absolute atomic E-state index is 0. The lowest BCUT2D eigenvalue weighted by Crippen LogP contribution is -2.56. The number of amides is 2. The molecule has 2 N–H and O–H groups in total. The zero-order valence-corrected chi connectivity index (χ0v) is 12.4. The van der Waals surface area contributed by atoms with E-state index in [-0.39, 0.29) is 36.0 Å². The van der Waals surface area contributed by atoms with Crippen LogP contribution >= 0.6 is 12.4 Å². The maximum absolute atomic E-state index is 12.2. The molecular weight excluding hydrogens is 282 g/mol. The minimum Gasteiger partial charge on any atom is -0.459 e. The van der Waals surface area contributed by atoms with E-state index in [1.165, 1.54) is 6.26 Å². The smallest absolute Gasteiger partial charge is 0.287 e. The molecule has 0 bridgehead atoms. The SMILES string of the molecule is CC1CN(C(=O)C(C)NC(=O)c2ccco2)CCN1.Cl. The van der Waals surface area contributed by atoms with Gasteiger partial charge in [0.2, 0.25) is 5.91 Å². The number of carbonyl (C=O) groups is 2. The lowest BCUT2D eigenvalue weighted by molar-refractivity contribution is -0.133. The molecule has 2 amide bonds. The molecular formula is C13H20ClN3O3. The normalized spacial score (nSPS) is 19.9. The maximum atomic E-state index is 12.2. The second-order valence-electron chi connectivity index (χ2n) is 4.81. The lowest BCUT2D eigenvalue weighted by Gasteiger charge is -2.33. The van der Waals surface area contributed by atoms with Gasteiger partial charge in [-0.1, -0.05) is 0 Å². The molecule has 6 nitrogen and oxygen atoms in total. The van der Waals surface area contributed by atoms with Gasteiger partial charge >= 0.3 is 0 Å². The van der Waals surface area contributed by atoms with E-state index in [4.69, 9.17) is 4.42 Å². The van der Waals surface area contributed by atoms with Crippen molar-refractivity contribution in [2.24, 2.45) is 0 Å². The van der Waals surface area contributed by atoms with Crippen molar-refractivity contribution in [2.75, 3.05) is 19.6 Å². The molecule has 0 spiro atoms. The van der Waals surface area contributed by atoms with Gasteiger partial charge in [0.25, 0.3) is 5.91 Å². The molecule has 1 aromatic heterocycles. The Morgan fingerprint density at radius 3 is 2.90 bits per heavy atom. The van der Waals surface area contributed by atoms with Gasteiger partial charge in [-0.25, -0.2) is 0 Å². The summed E-state index contributed by atoms with van der Waals surface area (Å²) in [5, 5.41) is 5.92. The molecule has 1 aromatic rings. The van der Waals surface area contributed by atoms with Crippen LogP contribution in [0.4, 0.5) is 0 Å². The third kappa shape index (κ3) is 3.98. The van der Waals surface area contributed by atoms with Crippen LogP contribution in [0.1, 0.15) is 24.4 Å². The van der Waals surface area contributed by atoms with E-state index < -0.39 is 6.04 Å². The topological polar surface area (TPSA) is 74.6 Å². The van der Waals surface area contributed by atoms with Crippen LogP contribution in [0.3, 0.4) is 0 Å². The lowest BCUT2D eigenvalue weighted by atomic mass is 10.2. The summed E-state index contributed by atoms with van der Waals surface area (Å²) >= 11 is 0. The Balaban J connectivity index is 0.00000200. The molecule has 0 aromatic carbocycles. The number of hydrogen-bond donors (Lipinski definition) is 2. The standard InChI is InChI=1S/C13H19N3O3.ClH/c1-9-8-16(6-5-14-9)13(18)10(2)15-12(17)11-4-3-7-19-11;/h3-4,7,9-10,14H,5-6,8H2,1-2H3,(H,15,17);1H. The molecule has 1 fully saturated rings. The van der Waals surface area contributed by atoms with Gasteiger partial charge in [-0.3, -0.25) is 9.59 Å². The van der Waals surface area contributed by atoms with Gasteiger partial charge in [0.05, 0.1) is 6.26 Å². The summed E-state index contributed by atoms with van der Waals surface area (Å²) in [5.74, 6) is -0.212. The first-order valence-corrected chi connectivity index (χ1v) is 6.44. The molecule has 2 heterocycles. The zero-order chi connectivity index (χ0) is 13.8. The Morgan fingerprint density at radius 2 is 2.30 bits per heavy atom. The van der Waals surface area contributed by atoms with Crippen molar-refractivity contribution in [3.63, 3.8) is 0 Å². The summed E-state index contributed by atoms with van der Waals surface area (Å²) in [4.78, 5) is 25.8. The zero-order valence-electron chi connectivity index (χ0n) is 11.6. The van der Waals surface area contributed by atoms with E-state index in [1.54, 1.807) is 24.0 Å². The highest BCUT2D eigenvalue weighted by molar-refractivity contribution is 5.95. The molecule has 0 saturated carbocycles. The summed E-state index contributed by atoms with van der Waals surface area (Å²) < 4.78 is 4.99. The Morgan fingerprint density at radius 1 is 1.55 bits per heavy atom. The monoisotopic (exact) mass is 301 g/mol. The average molecular weight is 302 g/mol. The summed E-state index contributed by atoms with van der Waals surface area (Å²) in [6.45, 7) is 5.84. The van der Waals surface area contributed by atoms with Crippen molar-refractivity contribution in [1.82, 2.24) is 15.5 Å². The van der Waals surface area contributed by atoms with E-state index in [9.17, 15) is 9.59 Å². The van der Waals surface area contributed by atoms with Crippen molar-refractivity contribution >= 4 is 24.2 Å². The number of hydrogen-bond acceptors (Lipinski definition) is 4. The van der Waals surface area contributed by atoms with Gasteiger partial charge in [-0.15, -0.1) is 12.4 Å². The van der Waals surface area contributed by atoms with Crippen molar-refractivity contribution in [3.05, 3.63) is 24.2 Å². The quantitative estimate of drug-likeness (QED) is 0.859. The minimum atomic E-state index is -0.553. The van der Waals surface area contributed by atoms with E-state index >= 15 is 0 Å². The maximum Gasteiger partial charge on any atom is 0.287 e. The number of nitrogens with zero attached hydrogens (tertiary/aromatic N) is 1. The Labute approximate surface area is 124 Å². The number of furan rings is 1. The van der Waals surface area contributed by atoms with Gasteiger partial charge < -0.3 is 20.0 Å². The van der Waals surface area contributed by atoms with Crippen LogP contribution in [-0.2, 0) is 4.79 Å². The number of nitrogens with one attached hydrogen (secondary N) is 2. The van der Waals surface area contributed by atoms with Crippen molar-refractivity contribution in [1.29, 1.82) is 0 Å². The predicted octanol–water partition coefficient (Wildman–Crippen LogP) is 0.640. The van der Waals surface area contributed by atoms with Gasteiger partial charge in [0.15, 0.2) is 5.76 Å². The first kappa shape index (κ1) is 16.5. The average Bonchev–Trinajstić information content (AvgIpc) is 2.91. The first-order chi connectivity index (χ1) is 9.08. The van der Waals surface area contributed by atoms with Gasteiger partial charge in [-0.2, -0.15) is 0 Å². The first-order valence-electron chi connectivity index (χ1n) is 6.44. The second kappa shape index (κ2) is 7.31. The molecule has 20 heavy (non-hydrogen) atoms. The summed E-state index contributed by atoms with van der Waals surface area (Å²) in [6, 6.07) is 2.94. The van der Waals surface area contributed by atoms with Crippen molar-refractivity contribution in [3.8, 4) is 0 Å². The fourth-order valence-corrected chi connectivity index (χ4v) is 2.14. The summed E-state index contributed by atoms with van der Waals surface area (Å²) in [5.41, 5.74) is 0. The third-order valence-electron chi connectivity index (χ3n) is 3.14. The number of carbonyl (C=O) groups excluding carboxylic acids is 2. The van der Waals surface area contributed by atoms with Crippen LogP contribution in [0.5, 0.6) is 0 Å². The third-order valence-corrected chi connectivity index (χ3v) is 3.14. The van der Waals surface area contributed by atoms with E-state index in [0.29, 0.717) is 13.1 Å². The molecule has 0 aliphatic carbocycles. The summed E-state index contributed by atoms with van der Waals surface area (Å²) in [7, 11) is 0. The van der Waals surface area contributed by atoms with Crippen LogP contribution in [0.2, 0.25) is 0 Å². The summed E-state index contributed by atoms with van der Waals surface area (Å²) in [6.07, 6.45) is 1.43. The van der Waals surface area contributed by atoms with E-state index in [1.807, 2.05) is 6.92 Å². The van der Waals surface area contributed by atoms with Gasteiger partial charge in [0.1, 0.15) is 6.04 Å². The number of rotatable bonds is 3. The fourth-order valence-electron chi connectivity index (χ4n) is 2.14. The highest BCUT2D eigenvalue weighted by Crippen LogP contribution is 2.04. The number of piperazine rings is 1. The highest BCUT2D eigenvalue weighted by atomic mass is 35.5. The van der Waals surface area contributed by atoms with Crippen LogP contribution < -0.4 is 10.6 Å². The second-order valence-corrected chi connectivity index (χ2v) is 4.81. The van der Waals surface area contributed by atoms with Crippen molar-refractivity contribution < 1.29 is 14.0 Å². The fraction of sp³-hybridized carbons (Fsp3) is 0.538. The Hall–Kier alpha value is -1.53. The molecule has 7 heteroatoms. The van der Waals surface area contributed by atoms with Gasteiger partial charge in [0, 0.05) is 25.7 Å². The molecule has 2 rings (SSSR count). The van der Waals surface area contributed by atoms with Crippen LogP contribution in [-0.4, -0.2) is 48.4 Å². The molecule has 112 valence electrons. The molecule has 0 radical (unpaired) electrons. The van der Waals surface area contributed by atoms with Crippen molar-refractivity contribution in [2.45, 2.75) is 25.9 Å².